The summed E-state index contributed by atoms with van der Waals surface area (Å²) in [4.78, 5) is 11.2. The highest BCUT2D eigenvalue weighted by Crippen LogP contribution is 2.16. The molecule has 0 spiro atoms. The highest BCUT2D eigenvalue weighted by atomic mass is 32.2. The molecule has 0 unspecified atom stereocenters. The van der Waals surface area contributed by atoms with Gasteiger partial charge in [-0.1, -0.05) is 24.3 Å². The lowest BCUT2D eigenvalue weighted by Crippen LogP contribution is -2.19. The van der Waals surface area contributed by atoms with Gasteiger partial charge in [-0.3, -0.25) is 14.7 Å². The Morgan fingerprint density at radius 2 is 1.70 bits per heavy atom. The number of nitrogens with one attached hydrogen (secondary N) is 2. The van der Waals surface area contributed by atoms with Gasteiger partial charge < -0.3 is 0 Å². The van der Waals surface area contributed by atoms with Gasteiger partial charge in [0.25, 0.3) is 15.9 Å². The molecular formula is C13H12N2O4S. The quantitative estimate of drug-likeness (QED) is 0.589. The predicted molar refractivity (Wildman–Crippen MR) is 72.9 cm³/mol. The van der Waals surface area contributed by atoms with Gasteiger partial charge in [-0.05, 0) is 30.3 Å². The summed E-state index contributed by atoms with van der Waals surface area (Å²) in [6, 6.07) is 13.8. The van der Waals surface area contributed by atoms with E-state index in [2.05, 4.69) is 4.72 Å². The van der Waals surface area contributed by atoms with Gasteiger partial charge in [-0.2, -0.15) is 0 Å². The number of benzene rings is 2. The third-order valence-electron chi connectivity index (χ3n) is 2.53. The van der Waals surface area contributed by atoms with Crippen LogP contribution in [0.25, 0.3) is 0 Å². The summed E-state index contributed by atoms with van der Waals surface area (Å²) >= 11 is 0. The third-order valence-corrected chi connectivity index (χ3v) is 3.91. The van der Waals surface area contributed by atoms with Crippen LogP contribution in [0.5, 0.6) is 0 Å². The largest absolute Gasteiger partial charge is 0.288 e. The Kier molecular flexibility index (Phi) is 4.02. The number of anilines is 1. The fraction of sp³-hybridized carbons (Fsp3) is 0. The molecule has 0 heterocycles. The van der Waals surface area contributed by atoms with Gasteiger partial charge in [-0.25, -0.2) is 13.9 Å². The minimum atomic E-state index is -3.79. The second-order valence-electron chi connectivity index (χ2n) is 3.94. The first kappa shape index (κ1) is 14.0. The molecule has 104 valence electrons. The summed E-state index contributed by atoms with van der Waals surface area (Å²) in [6.07, 6.45) is 0. The SMILES string of the molecule is O=C(NO)c1cccc(S(=O)(=O)Nc2ccccc2)c1. The van der Waals surface area contributed by atoms with Gasteiger partial charge in [0.1, 0.15) is 0 Å². The highest BCUT2D eigenvalue weighted by molar-refractivity contribution is 7.92. The predicted octanol–water partition coefficient (Wildman–Crippen LogP) is 1.61. The first-order chi connectivity index (χ1) is 9.53. The number of hydrogen-bond donors (Lipinski definition) is 3. The molecule has 0 radical (unpaired) electrons. The molecule has 0 aliphatic rings. The zero-order chi connectivity index (χ0) is 14.6. The van der Waals surface area contributed by atoms with E-state index in [4.69, 9.17) is 5.21 Å². The Hall–Kier alpha value is -2.38. The first-order valence-electron chi connectivity index (χ1n) is 5.65. The van der Waals surface area contributed by atoms with Crippen LogP contribution in [0.4, 0.5) is 5.69 Å². The summed E-state index contributed by atoms with van der Waals surface area (Å²) in [5.74, 6) is -0.776. The van der Waals surface area contributed by atoms with Gasteiger partial charge >= 0.3 is 0 Å². The molecule has 20 heavy (non-hydrogen) atoms. The Bertz CT molecular complexity index is 714. The van der Waals surface area contributed by atoms with Crippen LogP contribution in [0.1, 0.15) is 10.4 Å². The maximum atomic E-state index is 12.2. The lowest BCUT2D eigenvalue weighted by molar-refractivity contribution is 0.0706. The van der Waals surface area contributed by atoms with E-state index in [1.54, 1.807) is 30.3 Å². The molecule has 0 bridgehead atoms. The van der Waals surface area contributed by atoms with E-state index in [-0.39, 0.29) is 10.5 Å². The van der Waals surface area contributed by atoms with Crippen molar-refractivity contribution in [1.82, 2.24) is 5.48 Å². The second-order valence-corrected chi connectivity index (χ2v) is 5.62. The molecule has 2 rings (SSSR count). The van der Waals surface area contributed by atoms with E-state index in [1.807, 2.05) is 0 Å². The van der Waals surface area contributed by atoms with Crippen LogP contribution in [-0.4, -0.2) is 19.5 Å². The van der Waals surface area contributed by atoms with Crippen molar-refractivity contribution < 1.29 is 18.4 Å². The molecule has 0 aliphatic heterocycles. The van der Waals surface area contributed by atoms with Crippen molar-refractivity contribution in [1.29, 1.82) is 0 Å². The molecule has 2 aromatic carbocycles. The number of para-hydroxylation sites is 1. The van der Waals surface area contributed by atoms with E-state index < -0.39 is 15.9 Å². The molecule has 7 heteroatoms. The Balaban J connectivity index is 2.33. The molecule has 0 saturated heterocycles. The van der Waals surface area contributed by atoms with Crippen LogP contribution in [0.2, 0.25) is 0 Å². The van der Waals surface area contributed by atoms with Crippen LogP contribution in [0.15, 0.2) is 59.5 Å². The standard InChI is InChI=1S/C13H12N2O4S/c16-13(14-17)10-5-4-8-12(9-10)20(18,19)15-11-6-2-1-3-7-11/h1-9,15,17H,(H,14,16). The minimum absolute atomic E-state index is 0.0448. The van der Waals surface area contributed by atoms with Crippen molar-refractivity contribution in [2.75, 3.05) is 4.72 Å². The van der Waals surface area contributed by atoms with Crippen LogP contribution >= 0.6 is 0 Å². The highest BCUT2D eigenvalue weighted by Gasteiger charge is 2.16. The normalized spacial score (nSPS) is 10.8. The molecule has 6 nitrogen and oxygen atoms in total. The maximum Gasteiger partial charge on any atom is 0.274 e. The van der Waals surface area contributed by atoms with Crippen molar-refractivity contribution in [3.05, 3.63) is 60.2 Å². The number of carbonyl (C=O) groups excluding carboxylic acids is 1. The maximum absolute atomic E-state index is 12.2. The van der Waals surface area contributed by atoms with Crippen molar-refractivity contribution in [3.63, 3.8) is 0 Å². The van der Waals surface area contributed by atoms with Crippen LogP contribution in [0, 0.1) is 0 Å². The van der Waals surface area contributed by atoms with E-state index in [1.165, 1.54) is 29.7 Å². The number of hydroxylamine groups is 1. The van der Waals surface area contributed by atoms with E-state index >= 15 is 0 Å². The van der Waals surface area contributed by atoms with Gasteiger partial charge in [0, 0.05) is 11.3 Å². The van der Waals surface area contributed by atoms with Crippen LogP contribution in [0.3, 0.4) is 0 Å². The number of rotatable bonds is 4. The minimum Gasteiger partial charge on any atom is -0.288 e. The monoisotopic (exact) mass is 292 g/mol. The smallest absolute Gasteiger partial charge is 0.274 e. The summed E-state index contributed by atoms with van der Waals surface area (Å²) in [5, 5.41) is 8.55. The second kappa shape index (κ2) is 5.72. The Morgan fingerprint density at radius 1 is 1.00 bits per heavy atom. The number of amides is 1. The summed E-state index contributed by atoms with van der Waals surface area (Å²) in [5.41, 5.74) is 1.92. The lowest BCUT2D eigenvalue weighted by Gasteiger charge is -2.08. The van der Waals surface area contributed by atoms with Gasteiger partial charge in [0.05, 0.1) is 4.90 Å². The molecule has 0 atom stereocenters. The Morgan fingerprint density at radius 3 is 2.35 bits per heavy atom. The fourth-order valence-corrected chi connectivity index (χ4v) is 2.69. The average molecular weight is 292 g/mol. The number of hydrogen-bond acceptors (Lipinski definition) is 4. The van der Waals surface area contributed by atoms with E-state index in [0.29, 0.717) is 5.69 Å². The molecular weight excluding hydrogens is 280 g/mol. The van der Waals surface area contributed by atoms with Crippen LogP contribution < -0.4 is 10.2 Å². The van der Waals surface area contributed by atoms with Gasteiger partial charge in [-0.15, -0.1) is 0 Å². The van der Waals surface area contributed by atoms with Crippen molar-refractivity contribution in [2.45, 2.75) is 4.90 Å². The zero-order valence-corrected chi connectivity index (χ0v) is 11.1. The van der Waals surface area contributed by atoms with Crippen molar-refractivity contribution >= 4 is 21.6 Å². The van der Waals surface area contributed by atoms with Crippen molar-refractivity contribution in [2.24, 2.45) is 0 Å². The molecule has 0 aliphatic carbocycles. The third kappa shape index (κ3) is 3.14. The molecule has 0 aromatic heterocycles. The number of sulfonamides is 1. The fourth-order valence-electron chi connectivity index (χ4n) is 1.59. The van der Waals surface area contributed by atoms with E-state index in [0.717, 1.165) is 0 Å². The van der Waals surface area contributed by atoms with Gasteiger partial charge in [0.15, 0.2) is 0 Å². The molecule has 1 amide bonds. The molecule has 0 fully saturated rings. The van der Waals surface area contributed by atoms with Crippen LogP contribution in [-0.2, 0) is 10.0 Å². The molecule has 2 aromatic rings. The zero-order valence-electron chi connectivity index (χ0n) is 10.3. The summed E-state index contributed by atoms with van der Waals surface area (Å²) < 4.78 is 26.7. The first-order valence-corrected chi connectivity index (χ1v) is 7.13. The molecule has 3 N–H and O–H groups in total. The number of carbonyl (C=O) groups is 1. The van der Waals surface area contributed by atoms with E-state index in [9.17, 15) is 13.2 Å². The summed E-state index contributed by atoms with van der Waals surface area (Å²) in [6.45, 7) is 0. The summed E-state index contributed by atoms with van der Waals surface area (Å²) in [7, 11) is -3.79. The Labute approximate surface area is 116 Å². The lowest BCUT2D eigenvalue weighted by atomic mass is 10.2. The topological polar surface area (TPSA) is 95.5 Å². The molecule has 0 saturated carbocycles. The van der Waals surface area contributed by atoms with Crippen molar-refractivity contribution in [3.8, 4) is 0 Å². The average Bonchev–Trinajstić information content (AvgIpc) is 2.47. The van der Waals surface area contributed by atoms with Gasteiger partial charge in [0.2, 0.25) is 0 Å².